The molecule has 5 heteroatoms. The highest BCUT2D eigenvalue weighted by atomic mass is 14.8. The quantitative estimate of drug-likeness (QED) is 0.159. The molecule has 0 aliphatic carbocycles. The maximum atomic E-state index is 5.19. The van der Waals surface area contributed by atoms with Crippen molar-refractivity contribution in [1.82, 2.24) is 24.9 Å². The number of aromatic nitrogens is 5. The van der Waals surface area contributed by atoms with Crippen LogP contribution in [0.25, 0.3) is 88.2 Å². The fraction of sp³-hybridized carbons (Fsp3) is 0. The van der Waals surface area contributed by atoms with Gasteiger partial charge in [-0.1, -0.05) is 84.9 Å². The molecule has 4 aromatic carbocycles. The van der Waals surface area contributed by atoms with Gasteiger partial charge < -0.3 is 0 Å². The molecule has 0 aliphatic heterocycles. The van der Waals surface area contributed by atoms with Crippen molar-refractivity contribution >= 4 is 54.5 Å². The van der Waals surface area contributed by atoms with Gasteiger partial charge in [0.1, 0.15) is 0 Å². The molecule has 204 valence electrons. The summed E-state index contributed by atoms with van der Waals surface area (Å²) in [6, 6.07) is 41.8. The zero-order chi connectivity index (χ0) is 29.0. The van der Waals surface area contributed by atoms with Gasteiger partial charge in [0.15, 0.2) is 0 Å². The molecule has 44 heavy (non-hydrogen) atoms. The Morgan fingerprint density at radius 2 is 0.977 bits per heavy atom. The van der Waals surface area contributed by atoms with Crippen LogP contribution in [-0.4, -0.2) is 24.9 Å². The molecule has 5 nitrogen and oxygen atoms in total. The molecule has 0 saturated carbocycles. The summed E-state index contributed by atoms with van der Waals surface area (Å²) in [6.45, 7) is 0. The number of nitrogens with zero attached hydrogens (tertiary/aromatic N) is 5. The van der Waals surface area contributed by atoms with E-state index in [1.165, 1.54) is 0 Å². The molecule has 0 fully saturated rings. The van der Waals surface area contributed by atoms with Crippen LogP contribution in [0.1, 0.15) is 0 Å². The van der Waals surface area contributed by atoms with Crippen LogP contribution in [0.2, 0.25) is 0 Å². The molecule has 0 amide bonds. The molecule has 0 spiro atoms. The summed E-state index contributed by atoms with van der Waals surface area (Å²) in [5.41, 5.74) is 10.7. The standard InChI is InChI=1S/C39H23N5/c1-2-6-34-30(5-1)35(26-19-22-40-23-20-26)31-16-13-29-15-18-33(43-38(29)39(31)44-34)25-9-7-24(8-10-25)32-17-14-28-12-11-27-4-3-21-41-36(27)37(28)42-32/h1-23H. The van der Waals surface area contributed by atoms with Crippen LogP contribution in [0.5, 0.6) is 0 Å². The van der Waals surface area contributed by atoms with E-state index in [1.54, 1.807) is 0 Å². The molecular weight excluding hydrogens is 538 g/mol. The Hall–Kier alpha value is -6.07. The van der Waals surface area contributed by atoms with E-state index in [4.69, 9.17) is 15.0 Å². The van der Waals surface area contributed by atoms with Crippen molar-refractivity contribution in [3.8, 4) is 33.6 Å². The van der Waals surface area contributed by atoms with Gasteiger partial charge in [-0.15, -0.1) is 0 Å². The van der Waals surface area contributed by atoms with E-state index in [0.717, 1.165) is 88.2 Å². The number of para-hydroxylation sites is 1. The Morgan fingerprint density at radius 3 is 1.70 bits per heavy atom. The second-order valence-corrected chi connectivity index (χ2v) is 11.0. The lowest BCUT2D eigenvalue weighted by Crippen LogP contribution is -1.93. The summed E-state index contributed by atoms with van der Waals surface area (Å²) >= 11 is 0. The topological polar surface area (TPSA) is 64.5 Å². The number of benzene rings is 4. The molecule has 5 aromatic heterocycles. The van der Waals surface area contributed by atoms with Crippen molar-refractivity contribution in [3.63, 3.8) is 0 Å². The predicted octanol–water partition coefficient (Wildman–Crippen LogP) is 9.43. The highest BCUT2D eigenvalue weighted by molar-refractivity contribution is 6.16. The fourth-order valence-corrected chi connectivity index (χ4v) is 6.22. The van der Waals surface area contributed by atoms with E-state index in [0.29, 0.717) is 0 Å². The SMILES string of the molecule is c1cnc2c(c1)ccc1ccc(-c3ccc(-c4ccc5ccc6c(-c7ccncc7)c7ccccc7nc6c5n4)cc3)nc12. The minimum Gasteiger partial charge on any atom is -0.265 e. The van der Waals surface area contributed by atoms with Crippen LogP contribution in [-0.2, 0) is 0 Å². The smallest absolute Gasteiger partial charge is 0.0978 e. The second-order valence-electron chi connectivity index (χ2n) is 11.0. The fourth-order valence-electron chi connectivity index (χ4n) is 6.22. The maximum Gasteiger partial charge on any atom is 0.0978 e. The zero-order valence-corrected chi connectivity index (χ0v) is 23.5. The van der Waals surface area contributed by atoms with Gasteiger partial charge >= 0.3 is 0 Å². The van der Waals surface area contributed by atoms with E-state index >= 15 is 0 Å². The first-order valence-electron chi connectivity index (χ1n) is 14.6. The van der Waals surface area contributed by atoms with Crippen LogP contribution in [0, 0.1) is 0 Å². The molecule has 9 rings (SSSR count). The van der Waals surface area contributed by atoms with E-state index < -0.39 is 0 Å². The number of fused-ring (bicyclic) bond motifs is 7. The average Bonchev–Trinajstić information content (AvgIpc) is 3.10. The van der Waals surface area contributed by atoms with E-state index in [9.17, 15) is 0 Å². The van der Waals surface area contributed by atoms with Crippen LogP contribution in [0.4, 0.5) is 0 Å². The minimum absolute atomic E-state index is 0.890. The first-order chi connectivity index (χ1) is 21.8. The van der Waals surface area contributed by atoms with Gasteiger partial charge in [0.2, 0.25) is 0 Å². The normalized spacial score (nSPS) is 11.6. The van der Waals surface area contributed by atoms with Gasteiger partial charge in [-0.05, 0) is 42.0 Å². The summed E-state index contributed by atoms with van der Waals surface area (Å²) < 4.78 is 0. The summed E-state index contributed by atoms with van der Waals surface area (Å²) in [6.07, 6.45) is 5.50. The van der Waals surface area contributed by atoms with E-state index in [-0.39, 0.29) is 0 Å². The molecule has 0 aliphatic rings. The van der Waals surface area contributed by atoms with Gasteiger partial charge in [-0.3, -0.25) is 9.97 Å². The highest BCUT2D eigenvalue weighted by Crippen LogP contribution is 2.37. The third kappa shape index (κ3) is 3.91. The van der Waals surface area contributed by atoms with Gasteiger partial charge in [-0.25, -0.2) is 15.0 Å². The molecule has 5 heterocycles. The van der Waals surface area contributed by atoms with Crippen molar-refractivity contribution in [2.75, 3.05) is 0 Å². The summed E-state index contributed by atoms with van der Waals surface area (Å²) in [5, 5.41) is 5.42. The van der Waals surface area contributed by atoms with Crippen molar-refractivity contribution in [2.24, 2.45) is 0 Å². The number of rotatable bonds is 3. The third-order valence-electron chi connectivity index (χ3n) is 8.39. The molecule has 0 unspecified atom stereocenters. The van der Waals surface area contributed by atoms with Gasteiger partial charge in [0.25, 0.3) is 0 Å². The number of pyridine rings is 5. The zero-order valence-electron chi connectivity index (χ0n) is 23.5. The first kappa shape index (κ1) is 24.5. The van der Waals surface area contributed by atoms with Crippen LogP contribution < -0.4 is 0 Å². The molecule has 9 aromatic rings. The monoisotopic (exact) mass is 561 g/mol. The van der Waals surface area contributed by atoms with Crippen LogP contribution in [0.3, 0.4) is 0 Å². The number of hydrogen-bond acceptors (Lipinski definition) is 5. The molecule has 0 saturated heterocycles. The second kappa shape index (κ2) is 9.75. The van der Waals surface area contributed by atoms with Crippen molar-refractivity contribution in [3.05, 3.63) is 140 Å². The Morgan fingerprint density at radius 1 is 0.364 bits per heavy atom. The lowest BCUT2D eigenvalue weighted by atomic mass is 9.95. The third-order valence-corrected chi connectivity index (χ3v) is 8.39. The molecular formula is C39H23N5. The van der Waals surface area contributed by atoms with Crippen molar-refractivity contribution in [1.29, 1.82) is 0 Å². The Kier molecular flexibility index (Phi) is 5.43. The Bertz CT molecular complexity index is 2540. The first-order valence-corrected chi connectivity index (χ1v) is 14.6. The lowest BCUT2D eigenvalue weighted by Gasteiger charge is -2.13. The van der Waals surface area contributed by atoms with Crippen molar-refractivity contribution in [2.45, 2.75) is 0 Å². The number of hydrogen-bond donors (Lipinski definition) is 0. The van der Waals surface area contributed by atoms with E-state index in [2.05, 4.69) is 119 Å². The molecule has 0 bridgehead atoms. The Labute approximate surface area is 252 Å². The largest absolute Gasteiger partial charge is 0.265 e. The highest BCUT2D eigenvalue weighted by Gasteiger charge is 2.15. The van der Waals surface area contributed by atoms with Gasteiger partial charge in [0.05, 0.1) is 39.0 Å². The predicted molar refractivity (Wildman–Crippen MR) is 179 cm³/mol. The average molecular weight is 562 g/mol. The van der Waals surface area contributed by atoms with Crippen LogP contribution >= 0.6 is 0 Å². The van der Waals surface area contributed by atoms with Gasteiger partial charge in [-0.2, -0.15) is 0 Å². The van der Waals surface area contributed by atoms with Gasteiger partial charge in [0, 0.05) is 62.2 Å². The van der Waals surface area contributed by atoms with Crippen molar-refractivity contribution < 1.29 is 0 Å². The van der Waals surface area contributed by atoms with Crippen LogP contribution in [0.15, 0.2) is 140 Å². The molecule has 0 atom stereocenters. The summed E-state index contributed by atoms with van der Waals surface area (Å²) in [4.78, 5) is 24.2. The lowest BCUT2D eigenvalue weighted by molar-refractivity contribution is 1.33. The maximum absolute atomic E-state index is 5.19. The molecule has 0 radical (unpaired) electrons. The minimum atomic E-state index is 0.890. The summed E-state index contributed by atoms with van der Waals surface area (Å²) in [7, 11) is 0. The Balaban J connectivity index is 1.17. The molecule has 0 N–H and O–H groups in total. The van der Waals surface area contributed by atoms with E-state index in [1.807, 2.05) is 30.7 Å². The summed E-state index contributed by atoms with van der Waals surface area (Å²) in [5.74, 6) is 0.